The van der Waals surface area contributed by atoms with Crippen LogP contribution in [-0.4, -0.2) is 55.2 Å². The third-order valence-corrected chi connectivity index (χ3v) is 4.71. The zero-order valence-electron chi connectivity index (χ0n) is 11.4. The maximum absolute atomic E-state index is 12.6. The van der Waals surface area contributed by atoms with Crippen LogP contribution in [0.5, 0.6) is 0 Å². The number of carbonyl (C=O) groups excluding carboxylic acids is 1. The predicted molar refractivity (Wildman–Crippen MR) is 88.9 cm³/mol. The van der Waals surface area contributed by atoms with Crippen molar-refractivity contribution in [1.82, 2.24) is 9.80 Å². The van der Waals surface area contributed by atoms with Gasteiger partial charge in [0.05, 0.1) is 10.6 Å². The molecule has 1 heterocycles. The van der Waals surface area contributed by atoms with Gasteiger partial charge in [-0.15, -0.1) is 24.2 Å². The Kier molecular flexibility index (Phi) is 6.95. The summed E-state index contributed by atoms with van der Waals surface area (Å²) in [5.41, 5.74) is 0.606. The normalized spacial score (nSPS) is 15.9. The smallest absolute Gasteiger partial charge is 0.255 e. The minimum absolute atomic E-state index is 0. The van der Waals surface area contributed by atoms with Crippen LogP contribution in [0.15, 0.2) is 17.0 Å². The summed E-state index contributed by atoms with van der Waals surface area (Å²) in [4.78, 5) is 17.4. The van der Waals surface area contributed by atoms with Gasteiger partial charge >= 0.3 is 0 Å². The van der Waals surface area contributed by atoms with E-state index in [1.165, 1.54) is 11.8 Å². The molecule has 0 bridgehead atoms. The van der Waals surface area contributed by atoms with E-state index in [2.05, 4.69) is 11.9 Å². The second kappa shape index (κ2) is 7.76. The highest BCUT2D eigenvalue weighted by atomic mass is 35.5. The quantitative estimate of drug-likeness (QED) is 0.758. The highest BCUT2D eigenvalue weighted by molar-refractivity contribution is 7.98. The molecule has 20 heavy (non-hydrogen) atoms. The van der Waals surface area contributed by atoms with E-state index in [0.29, 0.717) is 15.6 Å². The molecule has 1 fully saturated rings. The second-order valence-corrected chi connectivity index (χ2v) is 6.22. The predicted octanol–water partition coefficient (Wildman–Crippen LogP) is 3.52. The molecular formula is C13H17Cl3N2OS. The van der Waals surface area contributed by atoms with Gasteiger partial charge in [-0.3, -0.25) is 4.79 Å². The van der Waals surface area contributed by atoms with Crippen LogP contribution < -0.4 is 0 Å². The van der Waals surface area contributed by atoms with Crippen molar-refractivity contribution in [3.8, 4) is 0 Å². The SMILES string of the molecule is CSc1c(Cl)cc(Cl)cc1C(=O)N1CCN(C)CC1.Cl. The average Bonchev–Trinajstić information content (AvgIpc) is 2.38. The van der Waals surface area contributed by atoms with Gasteiger partial charge in [0, 0.05) is 36.1 Å². The van der Waals surface area contributed by atoms with Crippen molar-refractivity contribution >= 4 is 53.3 Å². The third kappa shape index (κ3) is 3.95. The molecule has 0 radical (unpaired) electrons. The topological polar surface area (TPSA) is 23.6 Å². The molecule has 2 rings (SSSR count). The molecule has 1 aromatic rings. The molecule has 0 saturated carbocycles. The van der Waals surface area contributed by atoms with Crippen LogP contribution in [0.2, 0.25) is 10.0 Å². The van der Waals surface area contributed by atoms with E-state index in [9.17, 15) is 4.79 Å². The Labute approximate surface area is 140 Å². The van der Waals surface area contributed by atoms with Crippen LogP contribution >= 0.6 is 47.4 Å². The van der Waals surface area contributed by atoms with E-state index in [1.807, 2.05) is 11.2 Å². The van der Waals surface area contributed by atoms with Crippen molar-refractivity contribution in [3.63, 3.8) is 0 Å². The van der Waals surface area contributed by atoms with Gasteiger partial charge in [-0.25, -0.2) is 0 Å². The zero-order chi connectivity index (χ0) is 14.0. The fourth-order valence-electron chi connectivity index (χ4n) is 2.11. The fraction of sp³-hybridized carbons (Fsp3) is 0.462. The number of amides is 1. The van der Waals surface area contributed by atoms with Gasteiger partial charge in [0.25, 0.3) is 5.91 Å². The van der Waals surface area contributed by atoms with E-state index in [4.69, 9.17) is 23.2 Å². The van der Waals surface area contributed by atoms with Crippen LogP contribution in [0.3, 0.4) is 0 Å². The van der Waals surface area contributed by atoms with Gasteiger partial charge < -0.3 is 9.80 Å². The molecule has 1 saturated heterocycles. The number of likely N-dealkylation sites (N-methyl/N-ethyl adjacent to an activating group) is 1. The number of piperazine rings is 1. The Morgan fingerprint density at radius 1 is 1.20 bits per heavy atom. The maximum atomic E-state index is 12.6. The molecule has 0 unspecified atom stereocenters. The lowest BCUT2D eigenvalue weighted by atomic mass is 10.1. The van der Waals surface area contributed by atoms with Crippen molar-refractivity contribution in [2.24, 2.45) is 0 Å². The first-order chi connectivity index (χ1) is 9.02. The van der Waals surface area contributed by atoms with Crippen molar-refractivity contribution < 1.29 is 4.79 Å². The molecule has 3 nitrogen and oxygen atoms in total. The van der Waals surface area contributed by atoms with Crippen LogP contribution in [0.4, 0.5) is 0 Å². The molecule has 0 aromatic heterocycles. The lowest BCUT2D eigenvalue weighted by Crippen LogP contribution is -2.47. The van der Waals surface area contributed by atoms with E-state index in [-0.39, 0.29) is 18.3 Å². The third-order valence-electron chi connectivity index (χ3n) is 3.23. The first-order valence-electron chi connectivity index (χ1n) is 6.03. The standard InChI is InChI=1S/C13H16Cl2N2OS.ClH/c1-16-3-5-17(6-4-16)13(18)10-7-9(14)8-11(15)12(10)19-2;/h7-8H,3-6H2,1-2H3;1H. The Balaban J connectivity index is 0.00000200. The molecule has 0 spiro atoms. The summed E-state index contributed by atoms with van der Waals surface area (Å²) >= 11 is 13.6. The number of halogens is 3. The van der Waals surface area contributed by atoms with E-state index in [0.717, 1.165) is 31.1 Å². The number of hydrogen-bond donors (Lipinski definition) is 0. The number of thioether (sulfide) groups is 1. The van der Waals surface area contributed by atoms with Crippen LogP contribution in [0.25, 0.3) is 0 Å². The summed E-state index contributed by atoms with van der Waals surface area (Å²) in [6, 6.07) is 3.38. The highest BCUT2D eigenvalue weighted by Crippen LogP contribution is 2.33. The molecule has 0 N–H and O–H groups in total. The number of carbonyl (C=O) groups is 1. The van der Waals surface area contributed by atoms with Crippen LogP contribution in [0.1, 0.15) is 10.4 Å². The van der Waals surface area contributed by atoms with Crippen molar-refractivity contribution in [2.75, 3.05) is 39.5 Å². The maximum Gasteiger partial charge on any atom is 0.255 e. The number of nitrogens with zero attached hydrogens (tertiary/aromatic N) is 2. The van der Waals surface area contributed by atoms with Crippen molar-refractivity contribution in [1.29, 1.82) is 0 Å². The average molecular weight is 356 g/mol. The molecule has 7 heteroatoms. The Morgan fingerprint density at radius 2 is 1.80 bits per heavy atom. The molecule has 0 atom stereocenters. The van der Waals surface area contributed by atoms with E-state index < -0.39 is 0 Å². The first-order valence-corrected chi connectivity index (χ1v) is 8.02. The summed E-state index contributed by atoms with van der Waals surface area (Å²) in [5.74, 6) is 0.0156. The van der Waals surface area contributed by atoms with Gasteiger partial charge in [-0.1, -0.05) is 23.2 Å². The number of benzene rings is 1. The van der Waals surface area contributed by atoms with Crippen LogP contribution in [0, 0.1) is 0 Å². The first kappa shape index (κ1) is 17.9. The summed E-state index contributed by atoms with van der Waals surface area (Å²) in [6.07, 6.45) is 1.91. The van der Waals surface area contributed by atoms with Gasteiger partial charge in [-0.05, 0) is 25.4 Å². The minimum atomic E-state index is 0. The Morgan fingerprint density at radius 3 is 2.35 bits per heavy atom. The molecule has 112 valence electrons. The van der Waals surface area contributed by atoms with Crippen LogP contribution in [-0.2, 0) is 0 Å². The summed E-state index contributed by atoms with van der Waals surface area (Å²) < 4.78 is 0. The minimum Gasteiger partial charge on any atom is -0.336 e. The van der Waals surface area contributed by atoms with E-state index in [1.54, 1.807) is 12.1 Å². The second-order valence-electron chi connectivity index (χ2n) is 4.56. The zero-order valence-corrected chi connectivity index (χ0v) is 14.5. The van der Waals surface area contributed by atoms with Crippen molar-refractivity contribution in [2.45, 2.75) is 4.90 Å². The van der Waals surface area contributed by atoms with Crippen molar-refractivity contribution in [3.05, 3.63) is 27.7 Å². The van der Waals surface area contributed by atoms with Gasteiger partial charge in [-0.2, -0.15) is 0 Å². The highest BCUT2D eigenvalue weighted by Gasteiger charge is 2.23. The fourth-order valence-corrected chi connectivity index (χ4v) is 3.45. The summed E-state index contributed by atoms with van der Waals surface area (Å²) in [5, 5.41) is 1.04. The Hall–Kier alpha value is -0.130. The lowest BCUT2D eigenvalue weighted by Gasteiger charge is -2.32. The molecular weight excluding hydrogens is 339 g/mol. The monoisotopic (exact) mass is 354 g/mol. The summed E-state index contributed by atoms with van der Waals surface area (Å²) in [7, 11) is 2.06. The summed E-state index contributed by atoms with van der Waals surface area (Å²) in [6.45, 7) is 3.28. The van der Waals surface area contributed by atoms with Gasteiger partial charge in [0.1, 0.15) is 0 Å². The molecule has 1 aliphatic rings. The molecule has 1 aliphatic heterocycles. The molecule has 1 aromatic carbocycles. The molecule has 0 aliphatic carbocycles. The number of rotatable bonds is 2. The Bertz CT molecular complexity index is 491. The molecule has 1 amide bonds. The van der Waals surface area contributed by atoms with Gasteiger partial charge in [0.2, 0.25) is 0 Å². The van der Waals surface area contributed by atoms with E-state index >= 15 is 0 Å². The van der Waals surface area contributed by atoms with Gasteiger partial charge in [0.15, 0.2) is 0 Å². The largest absolute Gasteiger partial charge is 0.336 e. The lowest BCUT2D eigenvalue weighted by molar-refractivity contribution is 0.0660. The number of hydrogen-bond acceptors (Lipinski definition) is 3.